The number of benzene rings is 1. The van der Waals surface area contributed by atoms with Crippen molar-refractivity contribution in [2.75, 3.05) is 18.4 Å². The first-order valence-corrected chi connectivity index (χ1v) is 6.59. The molecule has 5 nitrogen and oxygen atoms in total. The molecule has 1 aromatic carbocycles. The first-order valence-electron chi connectivity index (χ1n) is 6.59. The third-order valence-corrected chi connectivity index (χ3v) is 3.36. The van der Waals surface area contributed by atoms with Crippen molar-refractivity contribution in [2.24, 2.45) is 5.92 Å². The molecule has 20 heavy (non-hydrogen) atoms. The van der Waals surface area contributed by atoms with Gasteiger partial charge in [-0.05, 0) is 50.0 Å². The number of piperidine rings is 1. The van der Waals surface area contributed by atoms with Crippen molar-refractivity contribution in [3.05, 3.63) is 29.6 Å². The van der Waals surface area contributed by atoms with E-state index in [1.54, 1.807) is 0 Å². The highest BCUT2D eigenvalue weighted by Gasteiger charge is 2.17. The predicted molar refractivity (Wildman–Crippen MR) is 72.2 cm³/mol. The number of carboxylic acids is 1. The second-order valence-corrected chi connectivity index (χ2v) is 4.96. The van der Waals surface area contributed by atoms with Crippen molar-refractivity contribution in [3.63, 3.8) is 0 Å². The van der Waals surface area contributed by atoms with E-state index in [-0.39, 0.29) is 11.6 Å². The second kappa shape index (κ2) is 6.47. The average molecular weight is 280 g/mol. The summed E-state index contributed by atoms with van der Waals surface area (Å²) in [5.41, 5.74) is -0.124. The van der Waals surface area contributed by atoms with E-state index in [2.05, 4.69) is 10.6 Å². The molecule has 2 rings (SSSR count). The fourth-order valence-electron chi connectivity index (χ4n) is 2.34. The summed E-state index contributed by atoms with van der Waals surface area (Å²) in [6.07, 6.45) is 2.45. The zero-order valence-electron chi connectivity index (χ0n) is 11.0. The molecule has 1 unspecified atom stereocenters. The molecule has 1 aromatic rings. The van der Waals surface area contributed by atoms with Crippen molar-refractivity contribution in [2.45, 2.75) is 19.3 Å². The molecular weight excluding hydrogens is 263 g/mol. The number of hydrogen-bond donors (Lipinski definition) is 3. The lowest BCUT2D eigenvalue weighted by atomic mass is 9.96. The van der Waals surface area contributed by atoms with Gasteiger partial charge in [0.1, 0.15) is 5.82 Å². The number of amides is 1. The standard InChI is InChI=1S/C14H17FN2O3/c15-12-7-10(3-4-11(12)14(19)20)17-13(18)6-9-2-1-5-16-8-9/h3-4,7,9,16H,1-2,5-6,8H2,(H,17,18)(H,19,20). The molecule has 0 spiro atoms. The Labute approximate surface area is 116 Å². The van der Waals surface area contributed by atoms with E-state index < -0.39 is 17.3 Å². The predicted octanol–water partition coefficient (Wildman–Crippen LogP) is 1.85. The topological polar surface area (TPSA) is 78.4 Å². The van der Waals surface area contributed by atoms with Gasteiger partial charge in [0.15, 0.2) is 0 Å². The first-order chi connectivity index (χ1) is 9.56. The van der Waals surface area contributed by atoms with E-state index in [0.29, 0.717) is 12.3 Å². The fourth-order valence-corrected chi connectivity index (χ4v) is 2.34. The van der Waals surface area contributed by atoms with Crippen LogP contribution >= 0.6 is 0 Å². The summed E-state index contributed by atoms with van der Waals surface area (Å²) in [6, 6.07) is 3.57. The quantitative estimate of drug-likeness (QED) is 0.786. The molecule has 1 atom stereocenters. The van der Waals surface area contributed by atoms with Crippen LogP contribution in [-0.4, -0.2) is 30.1 Å². The average Bonchev–Trinajstić information content (AvgIpc) is 2.39. The number of nitrogens with one attached hydrogen (secondary N) is 2. The number of aromatic carboxylic acids is 1. The summed E-state index contributed by atoms with van der Waals surface area (Å²) in [5, 5.41) is 14.5. The summed E-state index contributed by atoms with van der Waals surface area (Å²) in [6.45, 7) is 1.81. The number of halogens is 1. The summed E-state index contributed by atoms with van der Waals surface area (Å²) >= 11 is 0. The van der Waals surface area contributed by atoms with Crippen molar-refractivity contribution in [1.82, 2.24) is 5.32 Å². The lowest BCUT2D eigenvalue weighted by Crippen LogP contribution is -2.32. The molecule has 1 amide bonds. The molecule has 1 saturated heterocycles. The van der Waals surface area contributed by atoms with Crippen molar-refractivity contribution < 1.29 is 19.1 Å². The summed E-state index contributed by atoms with van der Waals surface area (Å²) in [7, 11) is 0. The van der Waals surface area contributed by atoms with Crippen molar-refractivity contribution >= 4 is 17.6 Å². The molecule has 1 aliphatic heterocycles. The monoisotopic (exact) mass is 280 g/mol. The van der Waals surface area contributed by atoms with Crippen LogP contribution in [-0.2, 0) is 4.79 Å². The molecule has 0 aromatic heterocycles. The molecule has 1 fully saturated rings. The largest absolute Gasteiger partial charge is 0.478 e. The van der Waals surface area contributed by atoms with E-state index in [9.17, 15) is 14.0 Å². The molecule has 0 radical (unpaired) electrons. The highest BCUT2D eigenvalue weighted by atomic mass is 19.1. The Hall–Kier alpha value is -1.95. The first kappa shape index (κ1) is 14.5. The molecule has 6 heteroatoms. The molecule has 0 saturated carbocycles. The number of rotatable bonds is 4. The van der Waals surface area contributed by atoms with E-state index in [4.69, 9.17) is 5.11 Å². The number of carbonyl (C=O) groups excluding carboxylic acids is 1. The highest BCUT2D eigenvalue weighted by molar-refractivity contribution is 5.92. The summed E-state index contributed by atoms with van der Waals surface area (Å²) in [5.74, 6) is -2.06. The minimum atomic E-state index is -1.33. The van der Waals surface area contributed by atoms with E-state index in [1.165, 1.54) is 6.07 Å². The van der Waals surface area contributed by atoms with Crippen LogP contribution in [0.25, 0.3) is 0 Å². The van der Waals surface area contributed by atoms with Crippen LogP contribution in [0, 0.1) is 11.7 Å². The maximum absolute atomic E-state index is 13.5. The Morgan fingerprint density at radius 1 is 1.45 bits per heavy atom. The molecular formula is C14H17FN2O3. The lowest BCUT2D eigenvalue weighted by Gasteiger charge is -2.22. The molecule has 108 valence electrons. The summed E-state index contributed by atoms with van der Waals surface area (Å²) in [4.78, 5) is 22.5. The van der Waals surface area contributed by atoms with Gasteiger partial charge in [0.2, 0.25) is 5.91 Å². The van der Waals surface area contributed by atoms with Crippen molar-refractivity contribution in [3.8, 4) is 0 Å². The number of carboxylic acid groups (broad SMARTS) is 1. The van der Waals surface area contributed by atoms with Crippen LogP contribution in [0.15, 0.2) is 18.2 Å². The molecule has 1 aliphatic rings. The molecule has 0 bridgehead atoms. The number of hydrogen-bond acceptors (Lipinski definition) is 3. The van der Waals surface area contributed by atoms with Gasteiger partial charge in [0, 0.05) is 12.1 Å². The second-order valence-electron chi connectivity index (χ2n) is 4.96. The van der Waals surface area contributed by atoms with Crippen LogP contribution in [0.2, 0.25) is 0 Å². The van der Waals surface area contributed by atoms with Gasteiger partial charge in [-0.3, -0.25) is 4.79 Å². The maximum atomic E-state index is 13.5. The summed E-state index contributed by atoms with van der Waals surface area (Å²) < 4.78 is 13.5. The highest BCUT2D eigenvalue weighted by Crippen LogP contribution is 2.17. The van der Waals surface area contributed by atoms with E-state index in [1.807, 2.05) is 0 Å². The van der Waals surface area contributed by atoms with Crippen LogP contribution in [0.4, 0.5) is 10.1 Å². The third kappa shape index (κ3) is 3.77. The van der Waals surface area contributed by atoms with Gasteiger partial charge in [-0.2, -0.15) is 0 Å². The van der Waals surface area contributed by atoms with Gasteiger partial charge in [-0.15, -0.1) is 0 Å². The minimum Gasteiger partial charge on any atom is -0.478 e. The van der Waals surface area contributed by atoms with Crippen LogP contribution < -0.4 is 10.6 Å². The Morgan fingerprint density at radius 3 is 2.85 bits per heavy atom. The number of carbonyl (C=O) groups is 2. The van der Waals surface area contributed by atoms with E-state index >= 15 is 0 Å². The normalized spacial score (nSPS) is 18.6. The zero-order chi connectivity index (χ0) is 14.5. The van der Waals surface area contributed by atoms with Gasteiger partial charge in [0.25, 0.3) is 0 Å². The van der Waals surface area contributed by atoms with Crippen LogP contribution in [0.1, 0.15) is 29.6 Å². The fraction of sp³-hybridized carbons (Fsp3) is 0.429. The van der Waals surface area contributed by atoms with Gasteiger partial charge in [-0.1, -0.05) is 0 Å². The Balaban J connectivity index is 1.93. The molecule has 1 heterocycles. The van der Waals surface area contributed by atoms with E-state index in [0.717, 1.165) is 38.1 Å². The minimum absolute atomic E-state index is 0.179. The van der Waals surface area contributed by atoms with Gasteiger partial charge >= 0.3 is 5.97 Å². The lowest BCUT2D eigenvalue weighted by molar-refractivity contribution is -0.117. The van der Waals surface area contributed by atoms with Crippen molar-refractivity contribution in [1.29, 1.82) is 0 Å². The molecule has 0 aliphatic carbocycles. The van der Waals surface area contributed by atoms with Gasteiger partial charge < -0.3 is 15.7 Å². The van der Waals surface area contributed by atoms with Gasteiger partial charge in [-0.25, -0.2) is 9.18 Å². The van der Waals surface area contributed by atoms with Gasteiger partial charge in [0.05, 0.1) is 5.56 Å². The zero-order valence-corrected chi connectivity index (χ0v) is 11.0. The SMILES string of the molecule is O=C(CC1CCCNC1)Nc1ccc(C(=O)O)c(F)c1. The Morgan fingerprint density at radius 2 is 2.25 bits per heavy atom. The Bertz CT molecular complexity index is 513. The third-order valence-electron chi connectivity index (χ3n) is 3.36. The maximum Gasteiger partial charge on any atom is 0.338 e. The Kier molecular flexibility index (Phi) is 4.68. The molecule has 3 N–H and O–H groups in total. The van der Waals surface area contributed by atoms with Crippen LogP contribution in [0.5, 0.6) is 0 Å². The van der Waals surface area contributed by atoms with Crippen LogP contribution in [0.3, 0.4) is 0 Å². The smallest absolute Gasteiger partial charge is 0.338 e. The number of anilines is 1.